The largest absolute Gasteiger partial charge is 0.390 e. The highest BCUT2D eigenvalue weighted by Crippen LogP contribution is 2.23. The fraction of sp³-hybridized carbons (Fsp3) is 1.00. The molecule has 2 atom stereocenters. The second-order valence-corrected chi connectivity index (χ2v) is 4.32. The van der Waals surface area contributed by atoms with Crippen LogP contribution >= 0.6 is 0 Å². The third-order valence-corrected chi connectivity index (χ3v) is 2.55. The zero-order chi connectivity index (χ0) is 9.61. The summed E-state index contributed by atoms with van der Waals surface area (Å²) >= 11 is 0. The maximum Gasteiger partial charge on any atom is 0.0622 e. The monoisotopic (exact) mass is 172 g/mol. The number of rotatable bonds is 6. The molecular formula is C11H24O. The molecule has 0 amide bonds. The first-order valence-corrected chi connectivity index (χ1v) is 5.24. The molecule has 0 saturated heterocycles. The zero-order valence-electron chi connectivity index (χ0n) is 9.06. The SMILES string of the molecule is CCCCC(C)(O)CC(C)CC. The molecule has 0 spiro atoms. The lowest BCUT2D eigenvalue weighted by molar-refractivity contribution is 0.0251. The van der Waals surface area contributed by atoms with Gasteiger partial charge in [0.2, 0.25) is 0 Å². The number of hydrogen-bond donors (Lipinski definition) is 1. The summed E-state index contributed by atoms with van der Waals surface area (Å²) in [5.74, 6) is 0.650. The first-order chi connectivity index (χ1) is 5.52. The molecule has 1 nitrogen and oxygen atoms in total. The van der Waals surface area contributed by atoms with Gasteiger partial charge >= 0.3 is 0 Å². The standard InChI is InChI=1S/C11H24O/c1-5-7-8-11(4,12)9-10(3)6-2/h10,12H,5-9H2,1-4H3. The Labute approximate surface area is 77.2 Å². The predicted molar refractivity (Wildman–Crippen MR) is 54.2 cm³/mol. The molecule has 12 heavy (non-hydrogen) atoms. The lowest BCUT2D eigenvalue weighted by atomic mass is 9.88. The molecule has 0 rings (SSSR count). The molecule has 1 heteroatoms. The zero-order valence-corrected chi connectivity index (χ0v) is 9.06. The summed E-state index contributed by atoms with van der Waals surface area (Å²) in [7, 11) is 0. The maximum absolute atomic E-state index is 9.95. The normalized spacial score (nSPS) is 18.8. The van der Waals surface area contributed by atoms with Crippen molar-refractivity contribution in [3.8, 4) is 0 Å². The van der Waals surface area contributed by atoms with Crippen LogP contribution in [0.4, 0.5) is 0 Å². The molecule has 0 aliphatic heterocycles. The van der Waals surface area contributed by atoms with Crippen molar-refractivity contribution in [3.63, 3.8) is 0 Å². The highest BCUT2D eigenvalue weighted by atomic mass is 16.3. The molecule has 0 aliphatic carbocycles. The highest BCUT2D eigenvalue weighted by Gasteiger charge is 2.21. The lowest BCUT2D eigenvalue weighted by Crippen LogP contribution is -2.26. The van der Waals surface area contributed by atoms with Gasteiger partial charge in [-0.3, -0.25) is 0 Å². The molecule has 0 radical (unpaired) electrons. The fourth-order valence-electron chi connectivity index (χ4n) is 1.55. The van der Waals surface area contributed by atoms with Crippen molar-refractivity contribution in [1.29, 1.82) is 0 Å². The second kappa shape index (κ2) is 5.58. The number of hydrogen-bond acceptors (Lipinski definition) is 1. The van der Waals surface area contributed by atoms with Gasteiger partial charge in [-0.25, -0.2) is 0 Å². The molecule has 0 heterocycles. The average molecular weight is 172 g/mol. The Morgan fingerprint density at radius 2 is 1.92 bits per heavy atom. The summed E-state index contributed by atoms with van der Waals surface area (Å²) in [5.41, 5.74) is -0.425. The second-order valence-electron chi connectivity index (χ2n) is 4.32. The molecule has 1 N–H and O–H groups in total. The molecule has 0 fully saturated rings. The van der Waals surface area contributed by atoms with E-state index in [4.69, 9.17) is 0 Å². The van der Waals surface area contributed by atoms with Crippen molar-refractivity contribution in [3.05, 3.63) is 0 Å². The Hall–Kier alpha value is -0.0400. The quantitative estimate of drug-likeness (QED) is 0.651. The smallest absolute Gasteiger partial charge is 0.0622 e. The van der Waals surface area contributed by atoms with Gasteiger partial charge in [0.25, 0.3) is 0 Å². The third kappa shape index (κ3) is 5.59. The van der Waals surface area contributed by atoms with Crippen LogP contribution < -0.4 is 0 Å². The van der Waals surface area contributed by atoms with Crippen molar-refractivity contribution in [2.24, 2.45) is 5.92 Å². The van der Waals surface area contributed by atoms with Crippen molar-refractivity contribution in [1.82, 2.24) is 0 Å². The minimum atomic E-state index is -0.425. The number of aliphatic hydroxyl groups is 1. The third-order valence-electron chi connectivity index (χ3n) is 2.55. The van der Waals surface area contributed by atoms with Crippen LogP contribution in [0.3, 0.4) is 0 Å². The summed E-state index contributed by atoms with van der Waals surface area (Å²) < 4.78 is 0. The minimum Gasteiger partial charge on any atom is -0.390 e. The van der Waals surface area contributed by atoms with E-state index in [0.717, 1.165) is 19.3 Å². The maximum atomic E-state index is 9.95. The van der Waals surface area contributed by atoms with Crippen molar-refractivity contribution >= 4 is 0 Å². The molecule has 0 aromatic carbocycles. The van der Waals surface area contributed by atoms with E-state index in [-0.39, 0.29) is 0 Å². The Morgan fingerprint density at radius 1 is 1.33 bits per heavy atom. The Kier molecular flexibility index (Phi) is 5.56. The molecule has 74 valence electrons. The lowest BCUT2D eigenvalue weighted by Gasteiger charge is -2.26. The van der Waals surface area contributed by atoms with Crippen LogP contribution in [0.15, 0.2) is 0 Å². The summed E-state index contributed by atoms with van der Waals surface area (Å²) in [4.78, 5) is 0. The molecule has 0 aromatic rings. The van der Waals surface area contributed by atoms with E-state index in [1.807, 2.05) is 6.92 Å². The molecule has 0 aliphatic rings. The number of unbranched alkanes of at least 4 members (excludes halogenated alkanes) is 1. The van der Waals surface area contributed by atoms with Gasteiger partial charge in [-0.2, -0.15) is 0 Å². The van der Waals surface area contributed by atoms with Gasteiger partial charge in [-0.05, 0) is 25.7 Å². The van der Waals surface area contributed by atoms with E-state index in [2.05, 4.69) is 20.8 Å². The van der Waals surface area contributed by atoms with Gasteiger partial charge in [0.15, 0.2) is 0 Å². The van der Waals surface area contributed by atoms with Gasteiger partial charge in [0, 0.05) is 0 Å². The van der Waals surface area contributed by atoms with E-state index in [1.54, 1.807) is 0 Å². The van der Waals surface area contributed by atoms with Crippen molar-refractivity contribution in [2.45, 2.75) is 65.4 Å². The Balaban J connectivity index is 3.69. The van der Waals surface area contributed by atoms with E-state index in [9.17, 15) is 5.11 Å². The van der Waals surface area contributed by atoms with Crippen molar-refractivity contribution < 1.29 is 5.11 Å². The van der Waals surface area contributed by atoms with Gasteiger partial charge < -0.3 is 5.11 Å². The minimum absolute atomic E-state index is 0.425. The molecule has 0 aromatic heterocycles. The van der Waals surface area contributed by atoms with Gasteiger partial charge in [-0.1, -0.05) is 40.0 Å². The molecule has 0 bridgehead atoms. The van der Waals surface area contributed by atoms with Crippen LogP contribution in [-0.4, -0.2) is 10.7 Å². The van der Waals surface area contributed by atoms with Crippen molar-refractivity contribution in [2.75, 3.05) is 0 Å². The van der Waals surface area contributed by atoms with Gasteiger partial charge in [-0.15, -0.1) is 0 Å². The van der Waals surface area contributed by atoms with E-state index >= 15 is 0 Å². The average Bonchev–Trinajstić information content (AvgIpc) is 2.00. The molecule has 2 unspecified atom stereocenters. The van der Waals surface area contributed by atoms with Crippen LogP contribution in [0.1, 0.15) is 59.8 Å². The summed E-state index contributed by atoms with van der Waals surface area (Å²) in [5, 5.41) is 9.95. The van der Waals surface area contributed by atoms with E-state index < -0.39 is 5.60 Å². The van der Waals surface area contributed by atoms with Gasteiger partial charge in [0.05, 0.1) is 5.60 Å². The summed E-state index contributed by atoms with van der Waals surface area (Å²) in [6.45, 7) is 8.52. The topological polar surface area (TPSA) is 20.2 Å². The van der Waals surface area contributed by atoms with Crippen LogP contribution in [-0.2, 0) is 0 Å². The van der Waals surface area contributed by atoms with E-state index in [1.165, 1.54) is 12.8 Å². The first kappa shape index (κ1) is 12.0. The van der Waals surface area contributed by atoms with Crippen LogP contribution in [0, 0.1) is 5.92 Å². The van der Waals surface area contributed by atoms with E-state index in [0.29, 0.717) is 5.92 Å². The summed E-state index contributed by atoms with van der Waals surface area (Å²) in [6, 6.07) is 0. The highest BCUT2D eigenvalue weighted by molar-refractivity contribution is 4.74. The van der Waals surface area contributed by atoms with Gasteiger partial charge in [0.1, 0.15) is 0 Å². The van der Waals surface area contributed by atoms with Crippen LogP contribution in [0.25, 0.3) is 0 Å². The Bertz CT molecular complexity index is 108. The van der Waals surface area contributed by atoms with Crippen LogP contribution in [0.5, 0.6) is 0 Å². The molecular weight excluding hydrogens is 148 g/mol. The first-order valence-electron chi connectivity index (χ1n) is 5.24. The predicted octanol–water partition coefficient (Wildman–Crippen LogP) is 3.36. The molecule has 0 saturated carbocycles. The summed E-state index contributed by atoms with van der Waals surface area (Å²) in [6.07, 6.45) is 5.39. The Morgan fingerprint density at radius 3 is 2.33 bits per heavy atom. The van der Waals surface area contributed by atoms with Crippen LogP contribution in [0.2, 0.25) is 0 Å². The fourth-order valence-corrected chi connectivity index (χ4v) is 1.55.